The van der Waals surface area contributed by atoms with Crippen molar-refractivity contribution >= 4 is 22.5 Å². The summed E-state index contributed by atoms with van der Waals surface area (Å²) < 4.78 is 0. The third-order valence-corrected chi connectivity index (χ3v) is 3.53. The highest BCUT2D eigenvalue weighted by Gasteiger charge is 2.21. The van der Waals surface area contributed by atoms with Gasteiger partial charge in [-0.3, -0.25) is 4.98 Å². The maximum absolute atomic E-state index is 6.15. The zero-order valence-electron chi connectivity index (χ0n) is 8.94. The van der Waals surface area contributed by atoms with E-state index >= 15 is 0 Å². The molecular formula is C15H8ClN. The van der Waals surface area contributed by atoms with E-state index in [0.29, 0.717) is 0 Å². The van der Waals surface area contributed by atoms with Crippen molar-refractivity contribution in [2.45, 2.75) is 0 Å². The Labute approximate surface area is 104 Å². The fourth-order valence-corrected chi connectivity index (χ4v) is 2.85. The Balaban J connectivity index is 2.30. The van der Waals surface area contributed by atoms with E-state index in [1.807, 2.05) is 18.3 Å². The molecule has 3 aromatic rings. The van der Waals surface area contributed by atoms with Gasteiger partial charge in [0.1, 0.15) is 0 Å². The second kappa shape index (κ2) is 3.08. The summed E-state index contributed by atoms with van der Waals surface area (Å²) in [6, 6.07) is 14.4. The molecule has 2 heteroatoms. The SMILES string of the molecule is Clc1cc2c3c(ccnc3c1)-c1ccccc1-2. The predicted molar refractivity (Wildman–Crippen MR) is 71.2 cm³/mol. The molecule has 4 rings (SSSR count). The molecule has 0 radical (unpaired) electrons. The van der Waals surface area contributed by atoms with Crippen molar-refractivity contribution in [2.75, 3.05) is 0 Å². The Morgan fingerprint density at radius 2 is 1.59 bits per heavy atom. The van der Waals surface area contributed by atoms with Gasteiger partial charge >= 0.3 is 0 Å². The highest BCUT2D eigenvalue weighted by Crippen LogP contribution is 2.47. The molecule has 0 bridgehead atoms. The summed E-state index contributed by atoms with van der Waals surface area (Å²) in [6.07, 6.45) is 1.85. The lowest BCUT2D eigenvalue weighted by atomic mass is 10.1. The van der Waals surface area contributed by atoms with Crippen LogP contribution >= 0.6 is 11.6 Å². The number of pyridine rings is 1. The molecule has 0 atom stereocenters. The van der Waals surface area contributed by atoms with E-state index in [2.05, 4.69) is 35.3 Å². The molecule has 1 nitrogen and oxygen atoms in total. The van der Waals surface area contributed by atoms with E-state index in [4.69, 9.17) is 11.6 Å². The van der Waals surface area contributed by atoms with Crippen molar-refractivity contribution in [3.05, 3.63) is 53.7 Å². The van der Waals surface area contributed by atoms with Gasteiger partial charge in [0.05, 0.1) is 5.52 Å². The average Bonchev–Trinajstić information content (AvgIpc) is 2.67. The lowest BCUT2D eigenvalue weighted by Gasteiger charge is -2.01. The van der Waals surface area contributed by atoms with Crippen LogP contribution in [0.4, 0.5) is 0 Å². The number of aromatic nitrogens is 1. The maximum Gasteiger partial charge on any atom is 0.0729 e. The number of halogens is 1. The van der Waals surface area contributed by atoms with Crippen LogP contribution in [0.15, 0.2) is 48.7 Å². The third-order valence-electron chi connectivity index (χ3n) is 3.31. The van der Waals surface area contributed by atoms with Gasteiger partial charge in [-0.1, -0.05) is 35.9 Å². The molecule has 80 valence electrons. The van der Waals surface area contributed by atoms with Crippen molar-refractivity contribution in [2.24, 2.45) is 0 Å². The number of benzene rings is 2. The van der Waals surface area contributed by atoms with Crippen molar-refractivity contribution in [3.63, 3.8) is 0 Å². The molecule has 1 aromatic heterocycles. The van der Waals surface area contributed by atoms with Crippen molar-refractivity contribution in [1.29, 1.82) is 0 Å². The van der Waals surface area contributed by atoms with Crippen LogP contribution in [-0.4, -0.2) is 4.98 Å². The van der Waals surface area contributed by atoms with E-state index in [0.717, 1.165) is 10.5 Å². The molecule has 0 N–H and O–H groups in total. The van der Waals surface area contributed by atoms with E-state index in [1.54, 1.807) is 0 Å². The fraction of sp³-hybridized carbons (Fsp3) is 0. The van der Waals surface area contributed by atoms with Crippen LogP contribution in [0.2, 0.25) is 5.02 Å². The first kappa shape index (κ1) is 9.20. The molecule has 1 aliphatic rings. The number of rotatable bonds is 0. The summed E-state index contributed by atoms with van der Waals surface area (Å²) in [6.45, 7) is 0. The van der Waals surface area contributed by atoms with Crippen LogP contribution in [0.5, 0.6) is 0 Å². The minimum atomic E-state index is 0.744. The van der Waals surface area contributed by atoms with Gasteiger partial charge in [0.15, 0.2) is 0 Å². The molecule has 0 spiro atoms. The summed E-state index contributed by atoms with van der Waals surface area (Å²) in [5.41, 5.74) is 5.96. The van der Waals surface area contributed by atoms with Gasteiger partial charge in [0.25, 0.3) is 0 Å². The van der Waals surface area contributed by atoms with Crippen LogP contribution < -0.4 is 0 Å². The van der Waals surface area contributed by atoms with E-state index in [1.165, 1.54) is 27.6 Å². The summed E-state index contributed by atoms with van der Waals surface area (Å²) in [4.78, 5) is 4.40. The fourth-order valence-electron chi connectivity index (χ4n) is 2.64. The first-order chi connectivity index (χ1) is 8.34. The molecule has 1 heterocycles. The zero-order valence-corrected chi connectivity index (χ0v) is 9.70. The largest absolute Gasteiger partial charge is 0.256 e. The molecule has 17 heavy (non-hydrogen) atoms. The molecule has 0 aliphatic heterocycles. The summed E-state index contributed by atoms with van der Waals surface area (Å²) in [5, 5.41) is 1.96. The van der Waals surface area contributed by atoms with Gasteiger partial charge in [-0.25, -0.2) is 0 Å². The second-order valence-corrected chi connectivity index (χ2v) is 4.69. The summed E-state index contributed by atoms with van der Waals surface area (Å²) >= 11 is 6.15. The second-order valence-electron chi connectivity index (χ2n) is 4.25. The van der Waals surface area contributed by atoms with Crippen molar-refractivity contribution in [3.8, 4) is 22.3 Å². The van der Waals surface area contributed by atoms with Crippen molar-refractivity contribution in [1.82, 2.24) is 4.98 Å². The van der Waals surface area contributed by atoms with Crippen LogP contribution in [0, 0.1) is 0 Å². The first-order valence-corrected chi connectivity index (χ1v) is 5.90. The van der Waals surface area contributed by atoms with Gasteiger partial charge < -0.3 is 0 Å². The average molecular weight is 238 g/mol. The van der Waals surface area contributed by atoms with Gasteiger partial charge in [-0.15, -0.1) is 0 Å². The van der Waals surface area contributed by atoms with Crippen LogP contribution in [0.3, 0.4) is 0 Å². The van der Waals surface area contributed by atoms with Crippen LogP contribution in [0.25, 0.3) is 33.2 Å². The highest BCUT2D eigenvalue weighted by atomic mass is 35.5. The lowest BCUT2D eigenvalue weighted by Crippen LogP contribution is -1.80. The van der Waals surface area contributed by atoms with Gasteiger partial charge in [-0.2, -0.15) is 0 Å². The Kier molecular flexibility index (Phi) is 1.67. The maximum atomic E-state index is 6.15. The Bertz CT molecular complexity index is 762. The number of hydrogen-bond acceptors (Lipinski definition) is 1. The minimum Gasteiger partial charge on any atom is -0.256 e. The van der Waals surface area contributed by atoms with Crippen molar-refractivity contribution < 1.29 is 0 Å². The van der Waals surface area contributed by atoms with E-state index in [9.17, 15) is 0 Å². The van der Waals surface area contributed by atoms with Gasteiger partial charge in [0, 0.05) is 16.6 Å². The molecule has 2 aromatic carbocycles. The third kappa shape index (κ3) is 1.12. The molecule has 0 saturated carbocycles. The topological polar surface area (TPSA) is 12.9 Å². The Morgan fingerprint density at radius 1 is 0.824 bits per heavy atom. The standard InChI is InChI=1S/C15H8ClN/c16-9-7-13-11-4-2-1-3-10(11)12-5-6-17-14(8-9)15(12)13/h1-8H. The number of fused-ring (bicyclic) bond motifs is 3. The lowest BCUT2D eigenvalue weighted by molar-refractivity contribution is 1.42. The minimum absolute atomic E-state index is 0.744. The predicted octanol–water partition coefficient (Wildman–Crippen LogP) is 4.54. The molecule has 0 amide bonds. The quantitative estimate of drug-likeness (QED) is 0.438. The number of nitrogens with zero attached hydrogens (tertiary/aromatic N) is 1. The highest BCUT2D eigenvalue weighted by molar-refractivity contribution is 6.32. The molecule has 0 unspecified atom stereocenters. The van der Waals surface area contributed by atoms with E-state index in [-0.39, 0.29) is 0 Å². The van der Waals surface area contributed by atoms with Gasteiger partial charge in [0.2, 0.25) is 0 Å². The van der Waals surface area contributed by atoms with Crippen LogP contribution in [0.1, 0.15) is 0 Å². The monoisotopic (exact) mass is 237 g/mol. The normalized spacial score (nSPS) is 11.8. The molecular weight excluding hydrogens is 230 g/mol. The number of hydrogen-bond donors (Lipinski definition) is 0. The van der Waals surface area contributed by atoms with E-state index < -0.39 is 0 Å². The van der Waals surface area contributed by atoms with Gasteiger partial charge in [-0.05, 0) is 40.5 Å². The zero-order chi connectivity index (χ0) is 11.4. The smallest absolute Gasteiger partial charge is 0.0729 e. The molecule has 1 aliphatic carbocycles. The summed E-state index contributed by atoms with van der Waals surface area (Å²) in [7, 11) is 0. The molecule has 0 fully saturated rings. The summed E-state index contributed by atoms with van der Waals surface area (Å²) in [5.74, 6) is 0. The Hall–Kier alpha value is -1.86. The van der Waals surface area contributed by atoms with Crippen LogP contribution in [-0.2, 0) is 0 Å². The first-order valence-electron chi connectivity index (χ1n) is 5.52. The Morgan fingerprint density at radius 3 is 2.41 bits per heavy atom. The molecule has 0 saturated heterocycles.